The summed E-state index contributed by atoms with van der Waals surface area (Å²) in [7, 11) is 3.90. The van der Waals surface area contributed by atoms with E-state index in [9.17, 15) is 4.79 Å². The Morgan fingerprint density at radius 3 is 2.38 bits per heavy atom. The summed E-state index contributed by atoms with van der Waals surface area (Å²) in [5, 5.41) is 1.35. The van der Waals surface area contributed by atoms with E-state index in [1.807, 2.05) is 26.0 Å². The maximum Gasteiger partial charge on any atom is 0.214 e. The minimum absolute atomic E-state index is 0.333. The van der Waals surface area contributed by atoms with Gasteiger partial charge in [0.15, 0.2) is 0 Å². The predicted molar refractivity (Wildman–Crippen MR) is 122 cm³/mol. The van der Waals surface area contributed by atoms with Crippen LogP contribution in [0.15, 0.2) is 54.7 Å². The molecule has 2 aromatic carbocycles. The number of methoxy groups -OCH3 is 1. The highest BCUT2D eigenvalue weighted by molar-refractivity contribution is 5.83. The minimum atomic E-state index is -0.333. The highest BCUT2D eigenvalue weighted by atomic mass is 16.5. The van der Waals surface area contributed by atoms with Crippen LogP contribution in [0.25, 0.3) is 10.9 Å². The van der Waals surface area contributed by atoms with Gasteiger partial charge in [-0.15, -0.1) is 0 Å². The second-order valence-electron chi connectivity index (χ2n) is 6.62. The van der Waals surface area contributed by atoms with E-state index >= 15 is 0 Å². The van der Waals surface area contributed by atoms with E-state index in [1.165, 1.54) is 29.0 Å². The molecular formula is C24H35N3O2. The van der Waals surface area contributed by atoms with Crippen LogP contribution in [0.1, 0.15) is 38.3 Å². The third kappa shape index (κ3) is 8.40. The molecule has 0 unspecified atom stereocenters. The van der Waals surface area contributed by atoms with Crippen molar-refractivity contribution in [2.45, 2.75) is 40.2 Å². The maximum absolute atomic E-state index is 9.22. The molecule has 3 rings (SSSR count). The number of benzene rings is 2. The van der Waals surface area contributed by atoms with E-state index in [4.69, 9.17) is 4.74 Å². The summed E-state index contributed by atoms with van der Waals surface area (Å²) < 4.78 is 5.43. The first-order valence-corrected chi connectivity index (χ1v) is 10.1. The monoisotopic (exact) mass is 397 g/mol. The Labute approximate surface area is 174 Å². The molecule has 0 spiro atoms. The summed E-state index contributed by atoms with van der Waals surface area (Å²) >= 11 is 0. The number of para-hydroxylation sites is 2. The van der Waals surface area contributed by atoms with Crippen LogP contribution in [0.3, 0.4) is 0 Å². The Hall–Kier alpha value is -2.79. The summed E-state index contributed by atoms with van der Waals surface area (Å²) in [5.41, 5.74) is 8.35. The summed E-state index contributed by atoms with van der Waals surface area (Å²) in [5.74, 6) is 0.635. The van der Waals surface area contributed by atoms with Gasteiger partial charge in [0, 0.05) is 36.1 Å². The van der Waals surface area contributed by atoms with Crippen LogP contribution >= 0.6 is 0 Å². The molecule has 0 saturated heterocycles. The molecule has 158 valence electrons. The molecule has 0 atom stereocenters. The van der Waals surface area contributed by atoms with Crippen molar-refractivity contribution in [3.05, 3.63) is 65.9 Å². The molecular weight excluding hydrogens is 362 g/mol. The number of fused-ring (bicyclic) bond motifs is 1. The Morgan fingerprint density at radius 1 is 1.07 bits per heavy atom. The number of H-pyrrole nitrogens is 1. The van der Waals surface area contributed by atoms with Crippen LogP contribution in [0, 0.1) is 0 Å². The number of nitrogens with two attached hydrogens (primary N) is 1. The Balaban J connectivity index is 0.000000627. The number of hydrogen-bond acceptors (Lipinski definition) is 3. The quantitative estimate of drug-likeness (QED) is 0.604. The van der Waals surface area contributed by atoms with E-state index in [2.05, 4.69) is 65.3 Å². The zero-order chi connectivity index (χ0) is 21.6. The van der Waals surface area contributed by atoms with Gasteiger partial charge in [-0.25, -0.2) is 0 Å². The fraction of sp³-hybridized carbons (Fsp3) is 0.375. The molecule has 29 heavy (non-hydrogen) atoms. The van der Waals surface area contributed by atoms with Crippen molar-refractivity contribution in [1.82, 2.24) is 9.88 Å². The average Bonchev–Trinajstić information content (AvgIpc) is 3.13. The number of nitrogens with zero attached hydrogens (tertiary/aromatic N) is 1. The summed E-state index contributed by atoms with van der Waals surface area (Å²) in [6.45, 7) is 7.29. The smallest absolute Gasteiger partial charge is 0.214 e. The highest BCUT2D eigenvalue weighted by Gasteiger charge is 2.07. The SMILES string of the molecule is CC.CC(N)=O.COc1ccccc1CN(C)CCCc1c[nH]c2ccccc12. The van der Waals surface area contributed by atoms with E-state index in [0.29, 0.717) is 0 Å². The largest absolute Gasteiger partial charge is 0.496 e. The number of hydrogen-bond donors (Lipinski definition) is 2. The average molecular weight is 398 g/mol. The first-order chi connectivity index (χ1) is 14.0. The first-order valence-electron chi connectivity index (χ1n) is 10.1. The van der Waals surface area contributed by atoms with Crippen molar-refractivity contribution < 1.29 is 9.53 Å². The van der Waals surface area contributed by atoms with Crippen LogP contribution in [0.2, 0.25) is 0 Å². The van der Waals surface area contributed by atoms with Crippen molar-refractivity contribution >= 4 is 16.8 Å². The Bertz CT molecular complexity index is 854. The lowest BCUT2D eigenvalue weighted by atomic mass is 10.1. The van der Waals surface area contributed by atoms with E-state index in [1.54, 1.807) is 7.11 Å². The van der Waals surface area contributed by atoms with Crippen LogP contribution in [-0.4, -0.2) is 36.5 Å². The molecule has 0 aliphatic carbocycles. The third-order valence-corrected chi connectivity index (χ3v) is 4.29. The molecule has 0 radical (unpaired) electrons. The number of nitrogens with one attached hydrogen (secondary N) is 1. The summed E-state index contributed by atoms with van der Waals surface area (Å²) in [4.78, 5) is 14.9. The van der Waals surface area contributed by atoms with E-state index in [0.717, 1.165) is 31.7 Å². The number of ether oxygens (including phenoxy) is 1. The fourth-order valence-electron chi connectivity index (χ4n) is 3.08. The molecule has 3 N–H and O–H groups in total. The molecule has 1 amide bonds. The van der Waals surface area contributed by atoms with Crippen molar-refractivity contribution in [3.8, 4) is 5.75 Å². The number of carbonyl (C=O) groups excluding carboxylic acids is 1. The zero-order valence-electron chi connectivity index (χ0n) is 18.4. The van der Waals surface area contributed by atoms with Gasteiger partial charge in [0.25, 0.3) is 0 Å². The molecule has 0 saturated carbocycles. The third-order valence-electron chi connectivity index (χ3n) is 4.29. The molecule has 1 heterocycles. The predicted octanol–water partition coefficient (Wildman–Crippen LogP) is 4.76. The van der Waals surface area contributed by atoms with Gasteiger partial charge in [-0.1, -0.05) is 50.2 Å². The number of amides is 1. The van der Waals surface area contributed by atoms with Crippen LogP contribution in [0.5, 0.6) is 5.75 Å². The fourth-order valence-corrected chi connectivity index (χ4v) is 3.08. The van der Waals surface area contributed by atoms with Gasteiger partial charge in [-0.3, -0.25) is 4.79 Å². The lowest BCUT2D eigenvalue weighted by molar-refractivity contribution is -0.115. The van der Waals surface area contributed by atoms with Crippen molar-refractivity contribution in [3.63, 3.8) is 0 Å². The number of carbonyl (C=O) groups is 1. The second kappa shape index (κ2) is 13.4. The van der Waals surface area contributed by atoms with Gasteiger partial charge < -0.3 is 20.4 Å². The zero-order valence-corrected chi connectivity index (χ0v) is 18.4. The molecule has 0 aliphatic heterocycles. The molecule has 0 fully saturated rings. The first kappa shape index (κ1) is 24.2. The van der Waals surface area contributed by atoms with Gasteiger partial charge >= 0.3 is 0 Å². The lowest BCUT2D eigenvalue weighted by Gasteiger charge is -2.18. The van der Waals surface area contributed by atoms with E-state index < -0.39 is 0 Å². The number of aryl methyl sites for hydroxylation is 1. The Morgan fingerprint density at radius 2 is 1.69 bits per heavy atom. The molecule has 1 aromatic heterocycles. The van der Waals surface area contributed by atoms with Gasteiger partial charge in [0.05, 0.1) is 7.11 Å². The van der Waals surface area contributed by atoms with Crippen LogP contribution in [-0.2, 0) is 17.8 Å². The molecule has 0 bridgehead atoms. The lowest BCUT2D eigenvalue weighted by Crippen LogP contribution is -2.20. The highest BCUT2D eigenvalue weighted by Crippen LogP contribution is 2.20. The standard InChI is InChI=1S/C20H24N2O.C2H5NO.C2H6/c1-22(15-17-8-3-6-12-20(17)23-2)13-7-9-16-14-21-19-11-5-4-10-18(16)19;1-2(3)4;1-2/h3-6,8,10-12,14,21H,7,9,13,15H2,1-2H3;1H3,(H2,3,4);1-2H3. The number of primary amides is 1. The van der Waals surface area contributed by atoms with E-state index in [-0.39, 0.29) is 5.91 Å². The topological polar surface area (TPSA) is 71.4 Å². The Kier molecular flexibility index (Phi) is 11.2. The number of rotatable bonds is 7. The summed E-state index contributed by atoms with van der Waals surface area (Å²) in [6, 6.07) is 16.7. The minimum Gasteiger partial charge on any atom is -0.496 e. The van der Waals surface area contributed by atoms with Gasteiger partial charge in [-0.2, -0.15) is 0 Å². The maximum atomic E-state index is 9.22. The molecule has 3 aromatic rings. The van der Waals surface area contributed by atoms with Crippen molar-refractivity contribution in [1.29, 1.82) is 0 Å². The molecule has 5 nitrogen and oxygen atoms in total. The molecule has 0 aliphatic rings. The van der Waals surface area contributed by atoms with Crippen molar-refractivity contribution in [2.24, 2.45) is 5.73 Å². The second-order valence-corrected chi connectivity index (χ2v) is 6.62. The number of aromatic nitrogens is 1. The van der Waals surface area contributed by atoms with Gasteiger partial charge in [-0.05, 0) is 44.1 Å². The van der Waals surface area contributed by atoms with Crippen LogP contribution < -0.4 is 10.5 Å². The molecule has 5 heteroatoms. The number of aromatic amines is 1. The van der Waals surface area contributed by atoms with Gasteiger partial charge in [0.2, 0.25) is 5.91 Å². The summed E-state index contributed by atoms with van der Waals surface area (Å²) in [6.07, 6.45) is 4.39. The normalized spacial score (nSPS) is 10.0. The van der Waals surface area contributed by atoms with Gasteiger partial charge in [0.1, 0.15) is 5.75 Å². The van der Waals surface area contributed by atoms with Crippen LogP contribution in [0.4, 0.5) is 0 Å². The van der Waals surface area contributed by atoms with Crippen molar-refractivity contribution in [2.75, 3.05) is 20.7 Å².